The summed E-state index contributed by atoms with van der Waals surface area (Å²) in [6.07, 6.45) is 0. The molecule has 0 aliphatic carbocycles. The number of hydrogen-bond acceptors (Lipinski definition) is 2. The molecule has 0 N–H and O–H groups in total. The molecular weight excluding hydrogens is 331 g/mol. The van der Waals surface area contributed by atoms with Gasteiger partial charge in [-0.3, -0.25) is 3.07 Å². The van der Waals surface area contributed by atoms with Crippen molar-refractivity contribution in [3.8, 4) is 0 Å². The van der Waals surface area contributed by atoms with Gasteiger partial charge in [-0.1, -0.05) is 55.4 Å². The zero-order valence-electron chi connectivity index (χ0n) is 11.9. The minimum atomic E-state index is -0.442. The fourth-order valence-corrected chi connectivity index (χ4v) is 3.46. The minimum absolute atomic E-state index is 0.00503. The minimum Gasteiger partial charge on any atom is -0.297 e. The summed E-state index contributed by atoms with van der Waals surface area (Å²) in [5.41, 5.74) is 0.0101. The lowest BCUT2D eigenvalue weighted by Crippen LogP contribution is -2.55. The van der Waals surface area contributed by atoms with Gasteiger partial charge in [0.25, 0.3) is 0 Å². The molecule has 0 atom stereocenters. The largest absolute Gasteiger partial charge is 0.297 e. The molecule has 16 heavy (non-hydrogen) atoms. The molecule has 0 saturated heterocycles. The predicted molar refractivity (Wildman–Crippen MR) is 84.1 cm³/mol. The predicted octanol–water partition coefficient (Wildman–Crippen LogP) is 5.34. The molecule has 0 spiro atoms. The van der Waals surface area contributed by atoms with E-state index in [-0.39, 0.29) is 10.8 Å². The number of thiol groups is 1. The van der Waals surface area contributed by atoms with Crippen molar-refractivity contribution in [1.82, 2.24) is 0 Å². The molecule has 98 valence electrons. The molecule has 0 amide bonds. The van der Waals surface area contributed by atoms with Gasteiger partial charge in [0.15, 0.2) is 0 Å². The maximum absolute atomic E-state index is 5.82. The van der Waals surface area contributed by atoms with Crippen LogP contribution in [-0.4, -0.2) is 4.93 Å². The Bertz CT molecular complexity index is 214. The monoisotopic (exact) mass is 358 g/mol. The Morgan fingerprint density at radius 1 is 0.875 bits per heavy atom. The van der Waals surface area contributed by atoms with Gasteiger partial charge < -0.3 is 0 Å². The molecule has 0 fully saturated rings. The van der Waals surface area contributed by atoms with Crippen molar-refractivity contribution in [2.75, 3.05) is 0 Å². The van der Waals surface area contributed by atoms with Crippen LogP contribution in [0.25, 0.3) is 0 Å². The molecule has 0 aromatic heterocycles. The molecule has 1 nitrogen and oxygen atoms in total. The lowest BCUT2D eigenvalue weighted by atomic mass is 9.62. The summed E-state index contributed by atoms with van der Waals surface area (Å²) in [6, 6.07) is 0. The molecule has 0 unspecified atom stereocenters. The second kappa shape index (κ2) is 5.35. The third-order valence-electron chi connectivity index (χ3n) is 4.75. The van der Waals surface area contributed by atoms with Crippen LogP contribution in [0.4, 0.5) is 0 Å². The van der Waals surface area contributed by atoms with Gasteiger partial charge in [-0.25, -0.2) is 0 Å². The van der Waals surface area contributed by atoms with Gasteiger partial charge in [-0.2, -0.15) is 0 Å². The van der Waals surface area contributed by atoms with Crippen LogP contribution in [0.15, 0.2) is 0 Å². The third-order valence-corrected chi connectivity index (χ3v) is 7.00. The van der Waals surface area contributed by atoms with Gasteiger partial charge in [0.05, 0.1) is 0 Å². The summed E-state index contributed by atoms with van der Waals surface area (Å²) < 4.78 is 5.82. The molecule has 0 saturated carbocycles. The van der Waals surface area contributed by atoms with Crippen molar-refractivity contribution in [2.45, 2.75) is 60.3 Å². The summed E-state index contributed by atoms with van der Waals surface area (Å²) in [6.45, 7) is 17.9. The van der Waals surface area contributed by atoms with Crippen LogP contribution >= 0.6 is 35.6 Å². The summed E-state index contributed by atoms with van der Waals surface area (Å²) >= 11 is 6.94. The maximum Gasteiger partial charge on any atom is 0.134 e. The van der Waals surface area contributed by atoms with E-state index in [1.807, 2.05) is 23.0 Å². The zero-order valence-corrected chi connectivity index (χ0v) is 14.9. The van der Waals surface area contributed by atoms with Gasteiger partial charge in [0.2, 0.25) is 0 Å². The second-order valence-corrected chi connectivity index (χ2v) is 7.54. The first kappa shape index (κ1) is 17.0. The Hall–Kier alpha value is 1.04. The summed E-state index contributed by atoms with van der Waals surface area (Å²) in [5.74, 6) is 1.02. The van der Waals surface area contributed by atoms with Crippen molar-refractivity contribution in [3.63, 3.8) is 0 Å². The van der Waals surface area contributed by atoms with Crippen molar-refractivity contribution in [2.24, 2.45) is 22.7 Å². The van der Waals surface area contributed by atoms with Crippen LogP contribution in [0.3, 0.4) is 0 Å². The number of rotatable bonds is 5. The molecule has 0 radical (unpaired) electrons. The first-order chi connectivity index (χ1) is 6.95. The van der Waals surface area contributed by atoms with E-state index in [0.717, 1.165) is 0 Å². The highest BCUT2D eigenvalue weighted by atomic mass is 127. The highest BCUT2D eigenvalue weighted by Gasteiger charge is 2.56. The highest BCUT2D eigenvalue weighted by Crippen LogP contribution is 2.56. The average Bonchev–Trinajstić information content (AvgIpc) is 2.15. The molecule has 3 heteroatoms. The SMILES string of the molecule is CC(C)C(C)(C)C(S)(OI)C(C)(C)C(C)C. The van der Waals surface area contributed by atoms with E-state index in [9.17, 15) is 0 Å². The first-order valence-corrected chi connectivity index (χ1v) is 7.30. The Morgan fingerprint density at radius 2 is 1.12 bits per heavy atom. The molecular formula is C13H27IOS. The summed E-state index contributed by atoms with van der Waals surface area (Å²) in [5, 5.41) is 0. The van der Waals surface area contributed by atoms with E-state index in [4.69, 9.17) is 15.7 Å². The van der Waals surface area contributed by atoms with Gasteiger partial charge in [-0.15, -0.1) is 12.6 Å². The van der Waals surface area contributed by atoms with Gasteiger partial charge in [0, 0.05) is 10.8 Å². The maximum atomic E-state index is 5.82. The van der Waals surface area contributed by atoms with Crippen molar-refractivity contribution in [3.05, 3.63) is 0 Å². The van der Waals surface area contributed by atoms with Gasteiger partial charge in [0.1, 0.15) is 27.9 Å². The Morgan fingerprint density at radius 3 is 1.25 bits per heavy atom. The summed E-state index contributed by atoms with van der Waals surface area (Å²) in [4.78, 5) is -0.442. The fraction of sp³-hybridized carbons (Fsp3) is 1.00. The molecule has 0 bridgehead atoms. The normalized spacial score (nSPS) is 15.0. The van der Waals surface area contributed by atoms with Crippen LogP contribution < -0.4 is 0 Å². The van der Waals surface area contributed by atoms with Crippen LogP contribution in [0.1, 0.15) is 55.4 Å². The van der Waals surface area contributed by atoms with Crippen LogP contribution in [0, 0.1) is 22.7 Å². The summed E-state index contributed by atoms with van der Waals surface area (Å²) in [7, 11) is 0. The van der Waals surface area contributed by atoms with E-state index in [0.29, 0.717) is 11.8 Å². The lowest BCUT2D eigenvalue weighted by Gasteiger charge is -2.54. The third kappa shape index (κ3) is 2.56. The van der Waals surface area contributed by atoms with Crippen LogP contribution in [-0.2, 0) is 3.07 Å². The Balaban J connectivity index is 5.53. The van der Waals surface area contributed by atoms with E-state index in [1.54, 1.807) is 0 Å². The van der Waals surface area contributed by atoms with Crippen molar-refractivity contribution >= 4 is 35.6 Å². The molecule has 0 rings (SSSR count). The lowest BCUT2D eigenvalue weighted by molar-refractivity contribution is -0.0680. The Kier molecular flexibility index (Phi) is 5.70. The molecule has 0 aromatic rings. The zero-order chi connectivity index (χ0) is 13.4. The van der Waals surface area contributed by atoms with Crippen LogP contribution in [0.2, 0.25) is 0 Å². The standard InChI is InChI=1S/C13H27IOS/c1-9(2)11(5,6)13(16,15-14)12(7,8)10(3)4/h9-10,16H,1-8H3. The van der Waals surface area contributed by atoms with Crippen molar-refractivity contribution in [1.29, 1.82) is 0 Å². The molecule has 0 heterocycles. The van der Waals surface area contributed by atoms with Crippen molar-refractivity contribution < 1.29 is 3.07 Å². The quantitative estimate of drug-likeness (QED) is 0.396. The van der Waals surface area contributed by atoms with E-state index in [1.165, 1.54) is 0 Å². The van der Waals surface area contributed by atoms with Gasteiger partial charge >= 0.3 is 0 Å². The second-order valence-electron chi connectivity index (χ2n) is 6.47. The van der Waals surface area contributed by atoms with Crippen LogP contribution in [0.5, 0.6) is 0 Å². The fourth-order valence-electron chi connectivity index (χ4n) is 1.81. The topological polar surface area (TPSA) is 9.23 Å². The van der Waals surface area contributed by atoms with E-state index in [2.05, 4.69) is 55.4 Å². The number of halogens is 1. The molecule has 0 aromatic carbocycles. The first-order valence-electron chi connectivity index (χ1n) is 5.97. The number of hydrogen-bond donors (Lipinski definition) is 1. The Labute approximate surface area is 121 Å². The molecule has 0 aliphatic heterocycles. The van der Waals surface area contributed by atoms with E-state index >= 15 is 0 Å². The average molecular weight is 358 g/mol. The molecule has 0 aliphatic rings. The highest BCUT2D eigenvalue weighted by molar-refractivity contribution is 14.1. The van der Waals surface area contributed by atoms with E-state index < -0.39 is 4.93 Å². The smallest absolute Gasteiger partial charge is 0.134 e. The van der Waals surface area contributed by atoms with Gasteiger partial charge in [-0.05, 0) is 11.8 Å².